The maximum Gasteiger partial charge on any atom is -0.00547 e. The molecule has 0 bridgehead atoms. The van der Waals surface area contributed by atoms with Gasteiger partial charge in [-0.1, -0.05) is 38.2 Å². The van der Waals surface area contributed by atoms with E-state index >= 15 is 0 Å². The summed E-state index contributed by atoms with van der Waals surface area (Å²) < 4.78 is 0. The fraction of sp³-hybridized carbons (Fsp3) is 0.545. The molecule has 1 aliphatic rings. The van der Waals surface area contributed by atoms with Gasteiger partial charge < -0.3 is 0 Å². The van der Waals surface area contributed by atoms with Gasteiger partial charge in [0.05, 0.1) is 0 Å². The Hall–Kier alpha value is -0.520. The van der Waals surface area contributed by atoms with Crippen LogP contribution in [0.2, 0.25) is 0 Å². The van der Waals surface area contributed by atoms with Gasteiger partial charge in [-0.2, -0.15) is 0 Å². The first-order valence-corrected chi connectivity index (χ1v) is 4.44. The van der Waals surface area contributed by atoms with E-state index in [1.54, 1.807) is 0 Å². The van der Waals surface area contributed by atoms with E-state index in [0.717, 1.165) is 6.42 Å². The summed E-state index contributed by atoms with van der Waals surface area (Å²) >= 11 is 0. The molecule has 2 atom stereocenters. The number of rotatable bonds is 2. The van der Waals surface area contributed by atoms with Crippen molar-refractivity contribution in [3.8, 4) is 0 Å². The van der Waals surface area contributed by atoms with Gasteiger partial charge in [0.25, 0.3) is 0 Å². The molecule has 0 heterocycles. The molecule has 0 saturated heterocycles. The van der Waals surface area contributed by atoms with E-state index in [1.165, 1.54) is 6.42 Å². The van der Waals surface area contributed by atoms with Crippen molar-refractivity contribution in [3.63, 3.8) is 0 Å². The molecular formula is C11H17. The van der Waals surface area contributed by atoms with Gasteiger partial charge >= 0.3 is 0 Å². The largest absolute Gasteiger partial charge is 0.0806 e. The van der Waals surface area contributed by atoms with Gasteiger partial charge in [-0.15, -0.1) is 0 Å². The second-order valence-corrected chi connectivity index (χ2v) is 3.35. The first kappa shape index (κ1) is 8.58. The van der Waals surface area contributed by atoms with Crippen molar-refractivity contribution in [1.29, 1.82) is 0 Å². The Labute approximate surface area is 70.0 Å². The van der Waals surface area contributed by atoms with Crippen LogP contribution in [0.15, 0.2) is 24.3 Å². The highest BCUT2D eigenvalue weighted by Crippen LogP contribution is 2.37. The van der Waals surface area contributed by atoms with Gasteiger partial charge in [-0.25, -0.2) is 0 Å². The maximum atomic E-state index is 4.26. The molecule has 0 aliphatic heterocycles. The van der Waals surface area contributed by atoms with Crippen molar-refractivity contribution in [2.75, 3.05) is 0 Å². The highest BCUT2D eigenvalue weighted by atomic mass is 14.3. The summed E-state index contributed by atoms with van der Waals surface area (Å²) in [7, 11) is 0. The Morgan fingerprint density at radius 3 is 2.55 bits per heavy atom. The third-order valence-electron chi connectivity index (χ3n) is 2.72. The molecule has 11 heavy (non-hydrogen) atoms. The van der Waals surface area contributed by atoms with E-state index in [-0.39, 0.29) is 5.41 Å². The summed E-state index contributed by atoms with van der Waals surface area (Å²) in [5.41, 5.74) is 0.170. The molecule has 2 unspecified atom stereocenters. The van der Waals surface area contributed by atoms with Crippen LogP contribution in [-0.4, -0.2) is 0 Å². The number of hydrogen-bond donors (Lipinski definition) is 0. The molecular weight excluding hydrogens is 132 g/mol. The summed E-state index contributed by atoms with van der Waals surface area (Å²) in [6.07, 6.45) is 11.1. The molecule has 0 amide bonds. The predicted octanol–water partition coefficient (Wildman–Crippen LogP) is 3.37. The van der Waals surface area contributed by atoms with Crippen LogP contribution >= 0.6 is 0 Å². The van der Waals surface area contributed by atoms with Crippen LogP contribution in [0.5, 0.6) is 0 Å². The maximum absolute atomic E-state index is 4.26. The smallest absolute Gasteiger partial charge is 0.00547 e. The zero-order valence-electron chi connectivity index (χ0n) is 7.51. The average molecular weight is 149 g/mol. The fourth-order valence-corrected chi connectivity index (χ4v) is 1.68. The van der Waals surface area contributed by atoms with Gasteiger partial charge in [0.15, 0.2) is 0 Å². The minimum absolute atomic E-state index is 0.170. The molecule has 1 aliphatic carbocycles. The van der Waals surface area contributed by atoms with E-state index in [1.807, 2.05) is 0 Å². The minimum Gasteiger partial charge on any atom is -0.0806 e. The topological polar surface area (TPSA) is 0 Å². The Bertz CT molecular complexity index is 176. The van der Waals surface area contributed by atoms with Gasteiger partial charge in [0, 0.05) is 0 Å². The third-order valence-corrected chi connectivity index (χ3v) is 2.72. The van der Waals surface area contributed by atoms with Crippen molar-refractivity contribution in [3.05, 3.63) is 31.2 Å². The second-order valence-electron chi connectivity index (χ2n) is 3.35. The van der Waals surface area contributed by atoms with Crippen molar-refractivity contribution < 1.29 is 0 Å². The van der Waals surface area contributed by atoms with E-state index in [9.17, 15) is 0 Å². The molecule has 0 nitrogen and oxygen atoms in total. The molecule has 0 heteroatoms. The third kappa shape index (κ3) is 1.55. The van der Waals surface area contributed by atoms with Gasteiger partial charge in [0.2, 0.25) is 0 Å². The van der Waals surface area contributed by atoms with E-state index in [0.29, 0.717) is 5.92 Å². The standard InChI is InChI=1S/C11H17/c1-4-10-8-6-7-9-11(10,3)5-2/h6-10H,3-5H2,1-2H3. The molecule has 0 fully saturated rings. The number of hydrogen-bond acceptors (Lipinski definition) is 0. The lowest BCUT2D eigenvalue weighted by Gasteiger charge is -2.33. The molecule has 0 aromatic carbocycles. The normalized spacial score (nSPS) is 36.1. The summed E-state index contributed by atoms with van der Waals surface area (Å²) in [5.74, 6) is 0.637. The van der Waals surface area contributed by atoms with Crippen LogP contribution in [0.1, 0.15) is 26.7 Å². The van der Waals surface area contributed by atoms with Crippen LogP contribution in [0.3, 0.4) is 0 Å². The zero-order valence-corrected chi connectivity index (χ0v) is 7.51. The molecule has 0 N–H and O–H groups in total. The molecule has 1 radical (unpaired) electrons. The lowest BCUT2D eigenvalue weighted by Crippen LogP contribution is -2.24. The van der Waals surface area contributed by atoms with E-state index in [4.69, 9.17) is 0 Å². The molecule has 61 valence electrons. The Morgan fingerprint density at radius 2 is 2.09 bits per heavy atom. The van der Waals surface area contributed by atoms with Gasteiger partial charge in [-0.3, -0.25) is 0 Å². The van der Waals surface area contributed by atoms with Crippen molar-refractivity contribution in [2.24, 2.45) is 11.3 Å². The lowest BCUT2D eigenvalue weighted by atomic mass is 9.71. The summed E-state index contributed by atoms with van der Waals surface area (Å²) in [6.45, 7) is 8.70. The molecule has 1 rings (SSSR count). The van der Waals surface area contributed by atoms with Gasteiger partial charge in [-0.05, 0) is 31.1 Å². The fourth-order valence-electron chi connectivity index (χ4n) is 1.68. The Kier molecular flexibility index (Phi) is 2.53. The second kappa shape index (κ2) is 3.25. The lowest BCUT2D eigenvalue weighted by molar-refractivity contribution is 0.328. The van der Waals surface area contributed by atoms with Crippen molar-refractivity contribution in [1.82, 2.24) is 0 Å². The predicted molar refractivity (Wildman–Crippen MR) is 50.1 cm³/mol. The number of allylic oxidation sites excluding steroid dienone is 4. The highest BCUT2D eigenvalue weighted by Gasteiger charge is 2.27. The summed E-state index contributed by atoms with van der Waals surface area (Å²) in [5, 5.41) is 0. The first-order chi connectivity index (χ1) is 5.23. The Morgan fingerprint density at radius 1 is 1.36 bits per heavy atom. The van der Waals surface area contributed by atoms with Gasteiger partial charge in [0.1, 0.15) is 0 Å². The SMILES string of the molecule is [CH2]C1(CC)C=CC=CC1CC. The van der Waals surface area contributed by atoms with Crippen molar-refractivity contribution in [2.45, 2.75) is 26.7 Å². The van der Waals surface area contributed by atoms with E-state index < -0.39 is 0 Å². The first-order valence-electron chi connectivity index (χ1n) is 4.44. The Balaban J connectivity index is 2.77. The van der Waals surface area contributed by atoms with Crippen LogP contribution in [-0.2, 0) is 0 Å². The summed E-state index contributed by atoms with van der Waals surface area (Å²) in [4.78, 5) is 0. The monoisotopic (exact) mass is 149 g/mol. The molecule has 0 aromatic heterocycles. The zero-order chi connectivity index (χ0) is 8.32. The molecule has 0 spiro atoms. The van der Waals surface area contributed by atoms with Crippen LogP contribution < -0.4 is 0 Å². The van der Waals surface area contributed by atoms with Crippen LogP contribution in [0.25, 0.3) is 0 Å². The average Bonchev–Trinajstić information content (AvgIpc) is 2.05. The molecule has 0 saturated carbocycles. The van der Waals surface area contributed by atoms with Crippen molar-refractivity contribution >= 4 is 0 Å². The quantitative estimate of drug-likeness (QED) is 0.564. The minimum atomic E-state index is 0.170. The summed E-state index contributed by atoms with van der Waals surface area (Å²) in [6, 6.07) is 0. The van der Waals surface area contributed by atoms with Crippen LogP contribution in [0.4, 0.5) is 0 Å². The molecule has 0 aromatic rings. The highest BCUT2D eigenvalue weighted by molar-refractivity contribution is 5.20. The van der Waals surface area contributed by atoms with E-state index in [2.05, 4.69) is 45.1 Å². The van der Waals surface area contributed by atoms with Crippen LogP contribution in [0, 0.1) is 18.3 Å².